The summed E-state index contributed by atoms with van der Waals surface area (Å²) in [6, 6.07) is -0.544. The fourth-order valence-corrected chi connectivity index (χ4v) is 11.8. The van der Waals surface area contributed by atoms with Crippen molar-refractivity contribution in [2.24, 2.45) is 0 Å². The lowest BCUT2D eigenvalue weighted by Gasteiger charge is -2.22. The molecule has 6 heteroatoms. The van der Waals surface area contributed by atoms with Gasteiger partial charge in [-0.25, -0.2) is 0 Å². The lowest BCUT2D eigenvalue weighted by Crippen LogP contribution is -2.45. The van der Waals surface area contributed by atoms with E-state index in [0.717, 1.165) is 38.5 Å². The highest BCUT2D eigenvalue weighted by Crippen LogP contribution is 2.19. The number of hydrogen-bond acceptors (Lipinski definition) is 5. The number of unbranched alkanes of at least 4 members (excludes halogenated alkanes) is 56. The summed E-state index contributed by atoms with van der Waals surface area (Å²) < 4.78 is 5.51. The summed E-state index contributed by atoms with van der Waals surface area (Å²) in [4.78, 5) is 24.7. The van der Waals surface area contributed by atoms with Crippen LogP contribution in [0.3, 0.4) is 0 Å². The molecule has 3 N–H and O–H groups in total. The van der Waals surface area contributed by atoms with Gasteiger partial charge in [0, 0.05) is 12.8 Å². The maximum Gasteiger partial charge on any atom is 0.305 e. The maximum atomic E-state index is 12.5. The predicted octanol–water partition coefficient (Wildman–Crippen LogP) is 23.5. The summed E-state index contributed by atoms with van der Waals surface area (Å²) in [5.74, 6) is -0.0142. The molecular formula is C73H143NO5. The highest BCUT2D eigenvalue weighted by molar-refractivity contribution is 5.76. The predicted molar refractivity (Wildman–Crippen MR) is 347 cm³/mol. The molecule has 0 bridgehead atoms. The highest BCUT2D eigenvalue weighted by Gasteiger charge is 2.20. The average Bonchev–Trinajstić information content (AvgIpc) is 3.45. The van der Waals surface area contributed by atoms with E-state index in [-0.39, 0.29) is 18.5 Å². The highest BCUT2D eigenvalue weighted by atomic mass is 16.5. The van der Waals surface area contributed by atoms with Gasteiger partial charge in [0.15, 0.2) is 0 Å². The number of rotatable bonds is 69. The second-order valence-electron chi connectivity index (χ2n) is 25.3. The third kappa shape index (κ3) is 65.6. The van der Waals surface area contributed by atoms with Gasteiger partial charge in [-0.05, 0) is 51.4 Å². The fourth-order valence-electron chi connectivity index (χ4n) is 11.8. The number of carbonyl (C=O) groups excluding carboxylic acids is 2. The Kier molecular flexibility index (Phi) is 67.9. The van der Waals surface area contributed by atoms with Crippen molar-refractivity contribution in [1.82, 2.24) is 5.32 Å². The van der Waals surface area contributed by atoms with Crippen LogP contribution in [0, 0.1) is 0 Å². The molecule has 6 nitrogen and oxygen atoms in total. The topological polar surface area (TPSA) is 95.9 Å². The molecule has 470 valence electrons. The third-order valence-electron chi connectivity index (χ3n) is 17.3. The van der Waals surface area contributed by atoms with E-state index < -0.39 is 12.1 Å². The average molecular weight is 1110 g/mol. The Morgan fingerprint density at radius 3 is 0.899 bits per heavy atom. The molecule has 0 aliphatic rings. The van der Waals surface area contributed by atoms with Crippen LogP contribution in [0.2, 0.25) is 0 Å². The number of aliphatic hydroxyl groups is 2. The Morgan fingerprint density at radius 1 is 0.342 bits per heavy atom. The standard InChI is InChI=1S/C73H143NO5/c1-3-5-7-9-11-13-15-17-19-21-30-35-39-43-47-51-55-59-63-67-73(78)79-68-64-60-56-52-48-44-40-36-32-29-27-25-23-24-26-28-31-34-38-42-46-50-54-58-62-66-72(77)74-70(69-75)71(76)65-61-57-53-49-45-41-37-33-22-20-18-16-14-12-10-8-6-4-2/h24,26,70-71,75-76H,3-23,25,27-69H2,1-2H3,(H,74,77)/b26-24-. The minimum Gasteiger partial charge on any atom is -0.466 e. The number of nitrogens with one attached hydrogen (secondary N) is 1. The van der Waals surface area contributed by atoms with Crippen LogP contribution in [0.25, 0.3) is 0 Å². The molecule has 0 heterocycles. The van der Waals surface area contributed by atoms with Crippen molar-refractivity contribution in [3.8, 4) is 0 Å². The molecule has 0 radical (unpaired) electrons. The molecule has 0 aliphatic heterocycles. The molecule has 0 rings (SSSR count). The molecule has 0 saturated heterocycles. The summed E-state index contributed by atoms with van der Waals surface area (Å²) >= 11 is 0. The molecule has 0 aliphatic carbocycles. The Labute approximate surface area is 495 Å². The first-order chi connectivity index (χ1) is 39.0. The van der Waals surface area contributed by atoms with Crippen LogP contribution in [0.5, 0.6) is 0 Å². The Morgan fingerprint density at radius 2 is 0.595 bits per heavy atom. The van der Waals surface area contributed by atoms with Gasteiger partial charge in [0.2, 0.25) is 5.91 Å². The van der Waals surface area contributed by atoms with Gasteiger partial charge >= 0.3 is 5.97 Å². The smallest absolute Gasteiger partial charge is 0.305 e. The van der Waals surface area contributed by atoms with Crippen molar-refractivity contribution in [3.05, 3.63) is 12.2 Å². The van der Waals surface area contributed by atoms with Crippen molar-refractivity contribution in [3.63, 3.8) is 0 Å². The zero-order valence-corrected chi connectivity index (χ0v) is 53.9. The van der Waals surface area contributed by atoms with Gasteiger partial charge in [-0.3, -0.25) is 9.59 Å². The van der Waals surface area contributed by atoms with E-state index in [4.69, 9.17) is 4.74 Å². The van der Waals surface area contributed by atoms with Crippen LogP contribution in [-0.2, 0) is 14.3 Å². The van der Waals surface area contributed by atoms with Crippen LogP contribution < -0.4 is 5.32 Å². The lowest BCUT2D eigenvalue weighted by molar-refractivity contribution is -0.143. The lowest BCUT2D eigenvalue weighted by atomic mass is 10.0. The first-order valence-electron chi connectivity index (χ1n) is 36.4. The van der Waals surface area contributed by atoms with Gasteiger partial charge in [-0.15, -0.1) is 0 Å². The van der Waals surface area contributed by atoms with E-state index in [1.54, 1.807) is 0 Å². The maximum absolute atomic E-state index is 12.5. The molecule has 1 amide bonds. The summed E-state index contributed by atoms with van der Waals surface area (Å²) in [6.45, 7) is 5.00. The summed E-state index contributed by atoms with van der Waals surface area (Å²) in [6.07, 6.45) is 85.5. The molecule has 2 atom stereocenters. The largest absolute Gasteiger partial charge is 0.466 e. The van der Waals surface area contributed by atoms with Crippen molar-refractivity contribution in [1.29, 1.82) is 0 Å². The van der Waals surface area contributed by atoms with Crippen LogP contribution >= 0.6 is 0 Å². The molecule has 2 unspecified atom stereocenters. The Hall–Kier alpha value is -1.40. The zero-order valence-electron chi connectivity index (χ0n) is 53.9. The number of esters is 1. The minimum absolute atomic E-state index is 0.0195. The molecule has 0 spiro atoms. The number of hydrogen-bond donors (Lipinski definition) is 3. The summed E-state index contributed by atoms with van der Waals surface area (Å²) in [5.41, 5.74) is 0. The number of amides is 1. The fraction of sp³-hybridized carbons (Fsp3) is 0.945. The Balaban J connectivity index is 3.37. The van der Waals surface area contributed by atoms with Gasteiger partial charge < -0.3 is 20.3 Å². The Bertz CT molecular complexity index is 1190. The van der Waals surface area contributed by atoms with Crippen molar-refractivity contribution in [2.75, 3.05) is 13.2 Å². The summed E-state index contributed by atoms with van der Waals surface area (Å²) in [7, 11) is 0. The third-order valence-corrected chi connectivity index (χ3v) is 17.3. The van der Waals surface area contributed by atoms with Crippen LogP contribution in [0.4, 0.5) is 0 Å². The molecule has 0 aromatic heterocycles. The first-order valence-corrected chi connectivity index (χ1v) is 36.4. The van der Waals surface area contributed by atoms with Crippen molar-refractivity contribution >= 4 is 11.9 Å². The van der Waals surface area contributed by atoms with Gasteiger partial charge in [0.05, 0.1) is 25.4 Å². The second kappa shape index (κ2) is 69.1. The quantitative estimate of drug-likeness (QED) is 0.0320. The van der Waals surface area contributed by atoms with E-state index in [0.29, 0.717) is 25.9 Å². The van der Waals surface area contributed by atoms with Gasteiger partial charge in [0.1, 0.15) is 0 Å². The van der Waals surface area contributed by atoms with E-state index in [2.05, 4.69) is 31.3 Å². The number of carbonyl (C=O) groups is 2. The van der Waals surface area contributed by atoms with Crippen LogP contribution in [0.1, 0.15) is 418 Å². The molecule has 0 fully saturated rings. The first kappa shape index (κ1) is 77.6. The molecule has 79 heavy (non-hydrogen) atoms. The van der Waals surface area contributed by atoms with E-state index in [1.165, 1.54) is 347 Å². The molecule has 0 saturated carbocycles. The number of ether oxygens (including phenoxy) is 1. The summed E-state index contributed by atoms with van der Waals surface area (Å²) in [5, 5.41) is 23.4. The number of allylic oxidation sites excluding steroid dienone is 2. The zero-order chi connectivity index (χ0) is 57.1. The van der Waals surface area contributed by atoms with E-state index in [1.807, 2.05) is 0 Å². The van der Waals surface area contributed by atoms with E-state index >= 15 is 0 Å². The van der Waals surface area contributed by atoms with E-state index in [9.17, 15) is 19.8 Å². The normalized spacial score (nSPS) is 12.5. The molecule has 0 aromatic rings. The van der Waals surface area contributed by atoms with Crippen molar-refractivity contribution < 1.29 is 24.5 Å². The minimum atomic E-state index is -0.666. The van der Waals surface area contributed by atoms with Crippen LogP contribution in [-0.4, -0.2) is 47.4 Å². The van der Waals surface area contributed by atoms with Gasteiger partial charge in [0.25, 0.3) is 0 Å². The second-order valence-corrected chi connectivity index (χ2v) is 25.3. The SMILES string of the molecule is CCCCCCCCCCCCCCCCCCCCCC(=O)OCCCCCCCCCCCCCC/C=C\CCCCCCCCCCCC(=O)NC(CO)C(O)CCCCCCCCCCCCCCCCCCCC. The monoisotopic (exact) mass is 1110 g/mol. The number of aliphatic hydroxyl groups excluding tert-OH is 2. The van der Waals surface area contributed by atoms with Crippen LogP contribution in [0.15, 0.2) is 12.2 Å². The van der Waals surface area contributed by atoms with Gasteiger partial charge in [-0.2, -0.15) is 0 Å². The molecular weight excluding hydrogens is 971 g/mol. The van der Waals surface area contributed by atoms with Crippen molar-refractivity contribution in [2.45, 2.75) is 431 Å². The van der Waals surface area contributed by atoms with Gasteiger partial charge in [-0.1, -0.05) is 366 Å². The molecule has 0 aromatic carbocycles.